The predicted octanol–water partition coefficient (Wildman–Crippen LogP) is 2.13. The second-order valence-corrected chi connectivity index (χ2v) is 4.26. The van der Waals surface area contributed by atoms with Crippen molar-refractivity contribution in [3.05, 3.63) is 33.4 Å². The summed E-state index contributed by atoms with van der Waals surface area (Å²) in [6.45, 7) is 6.20. The van der Waals surface area contributed by atoms with Crippen molar-refractivity contribution in [2.24, 2.45) is 0 Å². The first-order chi connectivity index (χ1) is 7.97. The Labute approximate surface area is 101 Å². The van der Waals surface area contributed by atoms with Gasteiger partial charge in [-0.1, -0.05) is 13.3 Å². The van der Waals surface area contributed by atoms with Gasteiger partial charge in [0.05, 0.1) is 5.56 Å². The Morgan fingerprint density at radius 1 is 1.41 bits per heavy atom. The van der Waals surface area contributed by atoms with E-state index in [0.29, 0.717) is 23.4 Å². The molecule has 1 rings (SSSR count). The van der Waals surface area contributed by atoms with Gasteiger partial charge in [-0.15, -0.1) is 0 Å². The Bertz CT molecular complexity index is 436. The van der Waals surface area contributed by atoms with Crippen molar-refractivity contribution < 1.29 is 9.21 Å². The molecule has 0 aliphatic rings. The molecule has 1 amide bonds. The van der Waals surface area contributed by atoms with Crippen LogP contribution in [-0.4, -0.2) is 24.4 Å². The number of unbranched alkanes of at least 4 members (excludes halogenated alkanes) is 1. The van der Waals surface area contributed by atoms with Gasteiger partial charge in [0.25, 0.3) is 5.91 Å². The van der Waals surface area contributed by atoms with Crippen molar-refractivity contribution in [1.29, 1.82) is 0 Å². The SMILES string of the molecule is CCCCN(C)C(=O)c1c(C)cc(=O)oc1C. The van der Waals surface area contributed by atoms with Gasteiger partial charge in [-0.05, 0) is 25.8 Å². The fourth-order valence-corrected chi connectivity index (χ4v) is 1.76. The van der Waals surface area contributed by atoms with Crippen LogP contribution >= 0.6 is 0 Å². The van der Waals surface area contributed by atoms with Gasteiger partial charge >= 0.3 is 5.63 Å². The molecule has 0 atom stereocenters. The molecule has 1 heterocycles. The summed E-state index contributed by atoms with van der Waals surface area (Å²) in [7, 11) is 1.77. The van der Waals surface area contributed by atoms with Crippen LogP contribution in [0.4, 0.5) is 0 Å². The maximum atomic E-state index is 12.2. The first-order valence-electron chi connectivity index (χ1n) is 5.84. The predicted molar refractivity (Wildman–Crippen MR) is 66.3 cm³/mol. The van der Waals surface area contributed by atoms with Gasteiger partial charge in [-0.2, -0.15) is 0 Å². The lowest BCUT2D eigenvalue weighted by Crippen LogP contribution is -2.29. The van der Waals surface area contributed by atoms with E-state index >= 15 is 0 Å². The Balaban J connectivity index is 3.00. The van der Waals surface area contributed by atoms with Gasteiger partial charge in [0.1, 0.15) is 5.76 Å². The van der Waals surface area contributed by atoms with Gasteiger partial charge in [-0.25, -0.2) is 4.79 Å². The molecule has 0 saturated heterocycles. The van der Waals surface area contributed by atoms with E-state index in [9.17, 15) is 9.59 Å². The zero-order valence-corrected chi connectivity index (χ0v) is 10.9. The van der Waals surface area contributed by atoms with E-state index in [4.69, 9.17) is 4.42 Å². The molecule has 0 spiro atoms. The zero-order valence-electron chi connectivity index (χ0n) is 10.9. The van der Waals surface area contributed by atoms with E-state index in [1.54, 1.807) is 25.8 Å². The highest BCUT2D eigenvalue weighted by atomic mass is 16.4. The lowest BCUT2D eigenvalue weighted by molar-refractivity contribution is 0.0788. The Kier molecular flexibility index (Phi) is 4.49. The minimum Gasteiger partial charge on any atom is -0.427 e. The molecule has 0 bridgehead atoms. The number of hydrogen-bond acceptors (Lipinski definition) is 3. The van der Waals surface area contributed by atoms with E-state index in [1.807, 2.05) is 0 Å². The molecule has 4 heteroatoms. The van der Waals surface area contributed by atoms with Gasteiger partial charge in [-0.3, -0.25) is 4.79 Å². The first-order valence-corrected chi connectivity index (χ1v) is 5.84. The van der Waals surface area contributed by atoms with E-state index in [-0.39, 0.29) is 5.91 Å². The summed E-state index contributed by atoms with van der Waals surface area (Å²) in [4.78, 5) is 25.0. The molecule has 0 unspecified atom stereocenters. The second-order valence-electron chi connectivity index (χ2n) is 4.26. The topological polar surface area (TPSA) is 50.5 Å². The fraction of sp³-hybridized carbons (Fsp3) is 0.538. The minimum atomic E-state index is -0.409. The number of hydrogen-bond donors (Lipinski definition) is 0. The third-order valence-corrected chi connectivity index (χ3v) is 2.74. The van der Waals surface area contributed by atoms with Gasteiger partial charge in [0.15, 0.2) is 0 Å². The largest absolute Gasteiger partial charge is 0.427 e. The third kappa shape index (κ3) is 3.19. The van der Waals surface area contributed by atoms with Crippen molar-refractivity contribution in [1.82, 2.24) is 4.90 Å². The molecule has 94 valence electrons. The highest BCUT2D eigenvalue weighted by Crippen LogP contribution is 2.13. The summed E-state index contributed by atoms with van der Waals surface area (Å²) in [6, 6.07) is 1.36. The molecular weight excluding hydrogens is 218 g/mol. The van der Waals surface area contributed by atoms with Crippen LogP contribution in [0.25, 0.3) is 0 Å². The van der Waals surface area contributed by atoms with Gasteiger partial charge in [0, 0.05) is 19.7 Å². The van der Waals surface area contributed by atoms with Crippen LogP contribution < -0.4 is 5.63 Å². The van der Waals surface area contributed by atoms with Crippen molar-refractivity contribution >= 4 is 5.91 Å². The molecule has 1 aromatic rings. The third-order valence-electron chi connectivity index (χ3n) is 2.74. The van der Waals surface area contributed by atoms with Gasteiger partial charge in [0.2, 0.25) is 0 Å². The Morgan fingerprint density at radius 3 is 2.59 bits per heavy atom. The molecule has 0 saturated carbocycles. The molecule has 1 aromatic heterocycles. The molecule has 0 aromatic carbocycles. The normalized spacial score (nSPS) is 10.4. The molecule has 4 nitrogen and oxygen atoms in total. The quantitative estimate of drug-likeness (QED) is 0.806. The van der Waals surface area contributed by atoms with Crippen molar-refractivity contribution in [2.75, 3.05) is 13.6 Å². The summed E-state index contributed by atoms with van der Waals surface area (Å²) in [5.41, 5.74) is 0.767. The number of carbonyl (C=O) groups is 1. The summed E-state index contributed by atoms with van der Waals surface area (Å²) >= 11 is 0. The van der Waals surface area contributed by atoms with E-state index < -0.39 is 5.63 Å². The van der Waals surface area contributed by atoms with Crippen molar-refractivity contribution in [3.8, 4) is 0 Å². The molecule has 0 fully saturated rings. The van der Waals surface area contributed by atoms with Crippen molar-refractivity contribution in [2.45, 2.75) is 33.6 Å². The minimum absolute atomic E-state index is 0.0859. The van der Waals surface area contributed by atoms with Crippen molar-refractivity contribution in [3.63, 3.8) is 0 Å². The van der Waals surface area contributed by atoms with Crippen LogP contribution in [0, 0.1) is 13.8 Å². The molecule has 17 heavy (non-hydrogen) atoms. The average Bonchev–Trinajstić information content (AvgIpc) is 2.24. The number of rotatable bonds is 4. The number of carbonyl (C=O) groups excluding carboxylic acids is 1. The highest BCUT2D eigenvalue weighted by Gasteiger charge is 2.18. The van der Waals surface area contributed by atoms with E-state index in [1.165, 1.54) is 6.07 Å². The van der Waals surface area contributed by atoms with Crippen LogP contribution in [-0.2, 0) is 0 Å². The van der Waals surface area contributed by atoms with Crippen LogP contribution in [0.3, 0.4) is 0 Å². The standard InChI is InChI=1S/C13H19NO3/c1-5-6-7-14(4)13(16)12-9(2)8-11(15)17-10(12)3/h8H,5-7H2,1-4H3. The monoisotopic (exact) mass is 237 g/mol. The first kappa shape index (κ1) is 13.5. The van der Waals surface area contributed by atoms with E-state index in [2.05, 4.69) is 6.92 Å². The summed E-state index contributed by atoms with van der Waals surface area (Å²) in [5, 5.41) is 0. The highest BCUT2D eigenvalue weighted by molar-refractivity contribution is 5.96. The molecular formula is C13H19NO3. The molecule has 0 N–H and O–H groups in total. The summed E-state index contributed by atoms with van der Waals surface area (Å²) < 4.78 is 4.96. The van der Waals surface area contributed by atoms with E-state index in [0.717, 1.165) is 12.8 Å². The van der Waals surface area contributed by atoms with Crippen LogP contribution in [0.15, 0.2) is 15.3 Å². The van der Waals surface area contributed by atoms with Crippen LogP contribution in [0.2, 0.25) is 0 Å². The average molecular weight is 237 g/mol. The summed E-state index contributed by atoms with van der Waals surface area (Å²) in [5.74, 6) is 0.306. The number of amides is 1. The fourth-order valence-electron chi connectivity index (χ4n) is 1.76. The molecule has 0 aliphatic carbocycles. The maximum absolute atomic E-state index is 12.2. The molecule has 0 radical (unpaired) electrons. The lowest BCUT2D eigenvalue weighted by atomic mass is 10.1. The zero-order chi connectivity index (χ0) is 13.0. The number of aryl methyl sites for hydroxylation is 2. The Morgan fingerprint density at radius 2 is 2.06 bits per heavy atom. The van der Waals surface area contributed by atoms with Gasteiger partial charge < -0.3 is 9.32 Å². The van der Waals surface area contributed by atoms with Crippen LogP contribution in [0.5, 0.6) is 0 Å². The summed E-state index contributed by atoms with van der Waals surface area (Å²) in [6.07, 6.45) is 2.01. The lowest BCUT2D eigenvalue weighted by Gasteiger charge is -2.18. The molecule has 0 aliphatic heterocycles. The Hall–Kier alpha value is -1.58. The maximum Gasteiger partial charge on any atom is 0.336 e. The smallest absolute Gasteiger partial charge is 0.336 e. The van der Waals surface area contributed by atoms with Crippen LogP contribution in [0.1, 0.15) is 41.4 Å². The second kappa shape index (κ2) is 5.66. The number of nitrogens with zero attached hydrogens (tertiary/aromatic N) is 1.